The van der Waals surface area contributed by atoms with Crippen LogP contribution >= 0.6 is 23.2 Å². The smallest absolute Gasteiger partial charge is 0.166 e. The largest absolute Gasteiger partial charge is 0.416 e. The first-order valence-corrected chi connectivity index (χ1v) is 5.85. The lowest BCUT2D eigenvalue weighted by Gasteiger charge is -2.10. The Kier molecular flexibility index (Phi) is 5.54. The second kappa shape index (κ2) is 6.70. The molecule has 1 aromatic rings. The number of benzene rings is 1. The maximum atomic E-state index is 12.5. The zero-order valence-corrected chi connectivity index (χ0v) is 11.0. The first-order chi connectivity index (χ1) is 8.86. The first kappa shape index (κ1) is 15.7. The number of nitrogens with zero attached hydrogens (tertiary/aromatic N) is 3. The quantitative estimate of drug-likeness (QED) is 0.295. The topological polar surface area (TPSA) is 48.8 Å². The van der Waals surface area contributed by atoms with Crippen molar-refractivity contribution >= 4 is 29.3 Å². The van der Waals surface area contributed by atoms with Crippen LogP contribution in [-0.2, 0) is 6.18 Å². The van der Waals surface area contributed by atoms with E-state index in [1.165, 1.54) is 6.08 Å². The zero-order valence-electron chi connectivity index (χ0n) is 9.46. The van der Waals surface area contributed by atoms with Crippen LogP contribution in [0.1, 0.15) is 17.5 Å². The van der Waals surface area contributed by atoms with Crippen LogP contribution in [0.2, 0.25) is 10.0 Å². The van der Waals surface area contributed by atoms with E-state index in [2.05, 4.69) is 10.0 Å². The van der Waals surface area contributed by atoms with E-state index in [1.54, 1.807) is 6.08 Å². The van der Waals surface area contributed by atoms with Crippen molar-refractivity contribution in [2.45, 2.75) is 12.6 Å². The summed E-state index contributed by atoms with van der Waals surface area (Å²) in [6.07, 6.45) is -0.929. The molecule has 1 aromatic carbocycles. The van der Waals surface area contributed by atoms with Crippen molar-refractivity contribution in [3.8, 4) is 0 Å². The molecule has 0 saturated carbocycles. The number of rotatable bonds is 4. The molecule has 0 aromatic heterocycles. The van der Waals surface area contributed by atoms with E-state index in [0.717, 1.165) is 12.1 Å². The number of halogens is 5. The molecular weight excluding hydrogens is 302 g/mol. The Morgan fingerprint density at radius 3 is 2.32 bits per heavy atom. The van der Waals surface area contributed by atoms with Crippen LogP contribution in [0.5, 0.6) is 0 Å². The molecule has 0 aliphatic rings. The van der Waals surface area contributed by atoms with Gasteiger partial charge in [0, 0.05) is 27.1 Å². The van der Waals surface area contributed by atoms with Gasteiger partial charge in [0.15, 0.2) is 0 Å². The molecular formula is C11H8Cl2F3N3. The minimum Gasteiger partial charge on any atom is -0.166 e. The molecule has 0 fully saturated rings. The molecule has 0 radical (unpaired) electrons. The van der Waals surface area contributed by atoms with Gasteiger partial charge in [-0.2, -0.15) is 13.2 Å². The predicted molar refractivity (Wildman–Crippen MR) is 69.1 cm³/mol. The summed E-state index contributed by atoms with van der Waals surface area (Å²) in [5, 5.41) is 3.14. The molecule has 0 heterocycles. The third-order valence-electron chi connectivity index (χ3n) is 2.15. The maximum absolute atomic E-state index is 12.5. The predicted octanol–water partition coefficient (Wildman–Crippen LogP) is 5.73. The van der Waals surface area contributed by atoms with Crippen molar-refractivity contribution < 1.29 is 13.2 Å². The van der Waals surface area contributed by atoms with E-state index in [1.807, 2.05) is 0 Å². The SMILES string of the molecule is [N-]=[N+]=NCCC=Cc1c(Cl)cc(C(F)(F)F)cc1Cl. The van der Waals surface area contributed by atoms with Crippen LogP contribution in [0.25, 0.3) is 16.5 Å². The van der Waals surface area contributed by atoms with Crippen molar-refractivity contribution in [3.05, 3.63) is 49.8 Å². The van der Waals surface area contributed by atoms with Crippen LogP contribution in [0.15, 0.2) is 23.3 Å². The second-order valence-corrected chi connectivity index (χ2v) is 4.31. The van der Waals surface area contributed by atoms with Gasteiger partial charge in [-0.15, -0.1) is 0 Å². The summed E-state index contributed by atoms with van der Waals surface area (Å²) in [7, 11) is 0. The van der Waals surface area contributed by atoms with Crippen molar-refractivity contribution in [1.29, 1.82) is 0 Å². The Balaban J connectivity index is 2.95. The van der Waals surface area contributed by atoms with Crippen LogP contribution in [0.4, 0.5) is 13.2 Å². The summed E-state index contributed by atoms with van der Waals surface area (Å²) in [5.74, 6) is 0. The fourth-order valence-corrected chi connectivity index (χ4v) is 1.90. The average Bonchev–Trinajstić information content (AvgIpc) is 2.30. The summed E-state index contributed by atoms with van der Waals surface area (Å²) in [4.78, 5) is 2.57. The minimum absolute atomic E-state index is 0.0835. The van der Waals surface area contributed by atoms with Crippen molar-refractivity contribution in [1.82, 2.24) is 0 Å². The van der Waals surface area contributed by atoms with E-state index in [4.69, 9.17) is 28.7 Å². The zero-order chi connectivity index (χ0) is 14.5. The lowest BCUT2D eigenvalue weighted by atomic mass is 10.1. The van der Waals surface area contributed by atoms with Crippen LogP contribution in [0.3, 0.4) is 0 Å². The molecule has 0 unspecified atom stereocenters. The summed E-state index contributed by atoms with van der Waals surface area (Å²) in [6.45, 7) is 0.253. The Bertz CT molecular complexity index is 511. The van der Waals surface area contributed by atoms with E-state index in [9.17, 15) is 13.2 Å². The van der Waals surface area contributed by atoms with E-state index in [0.29, 0.717) is 12.0 Å². The molecule has 0 aliphatic heterocycles. The van der Waals surface area contributed by atoms with Gasteiger partial charge in [-0.1, -0.05) is 40.5 Å². The molecule has 102 valence electrons. The molecule has 0 aliphatic carbocycles. The molecule has 0 saturated heterocycles. The van der Waals surface area contributed by atoms with E-state index >= 15 is 0 Å². The van der Waals surface area contributed by atoms with Gasteiger partial charge in [-0.3, -0.25) is 0 Å². The summed E-state index contributed by atoms with van der Waals surface area (Å²) >= 11 is 11.5. The lowest BCUT2D eigenvalue weighted by molar-refractivity contribution is -0.137. The number of hydrogen-bond acceptors (Lipinski definition) is 1. The molecule has 1 rings (SSSR count). The summed E-state index contributed by atoms with van der Waals surface area (Å²) in [6, 6.07) is 1.64. The summed E-state index contributed by atoms with van der Waals surface area (Å²) < 4.78 is 37.5. The standard InChI is InChI=1S/C11H8Cl2F3N3/c12-9-5-7(11(14,15)16)6-10(13)8(9)3-1-2-4-18-19-17/h1,3,5-6H,2,4H2. The Labute approximate surface area is 117 Å². The Hall–Kier alpha value is -1.36. The number of azide groups is 1. The van der Waals surface area contributed by atoms with Crippen LogP contribution < -0.4 is 0 Å². The third-order valence-corrected chi connectivity index (χ3v) is 2.78. The lowest BCUT2D eigenvalue weighted by Crippen LogP contribution is -2.05. The molecule has 0 atom stereocenters. The molecule has 3 nitrogen and oxygen atoms in total. The van der Waals surface area contributed by atoms with Crippen LogP contribution in [-0.4, -0.2) is 6.54 Å². The van der Waals surface area contributed by atoms with Gasteiger partial charge in [-0.05, 0) is 24.1 Å². The minimum atomic E-state index is -4.49. The normalized spacial score (nSPS) is 11.6. The van der Waals surface area contributed by atoms with Gasteiger partial charge in [0.05, 0.1) is 5.56 Å². The highest BCUT2D eigenvalue weighted by Gasteiger charge is 2.31. The van der Waals surface area contributed by atoms with Gasteiger partial charge in [0.25, 0.3) is 0 Å². The van der Waals surface area contributed by atoms with Gasteiger partial charge >= 0.3 is 6.18 Å². The second-order valence-electron chi connectivity index (χ2n) is 3.50. The highest BCUT2D eigenvalue weighted by Crippen LogP contribution is 2.36. The third kappa shape index (κ3) is 4.67. The molecule has 19 heavy (non-hydrogen) atoms. The summed E-state index contributed by atoms with van der Waals surface area (Å²) in [5.41, 5.74) is 7.47. The molecule has 0 amide bonds. The van der Waals surface area contributed by atoms with Crippen LogP contribution in [0, 0.1) is 0 Å². The highest BCUT2D eigenvalue weighted by atomic mass is 35.5. The van der Waals surface area contributed by atoms with E-state index < -0.39 is 11.7 Å². The van der Waals surface area contributed by atoms with Gasteiger partial charge in [0.1, 0.15) is 0 Å². The molecule has 0 bridgehead atoms. The fraction of sp³-hybridized carbons (Fsp3) is 0.273. The fourth-order valence-electron chi connectivity index (χ4n) is 1.29. The molecule has 8 heteroatoms. The highest BCUT2D eigenvalue weighted by molar-refractivity contribution is 6.37. The van der Waals surface area contributed by atoms with Gasteiger partial charge < -0.3 is 0 Å². The average molecular weight is 310 g/mol. The monoisotopic (exact) mass is 309 g/mol. The first-order valence-electron chi connectivity index (χ1n) is 5.10. The van der Waals surface area contributed by atoms with Gasteiger partial charge in [-0.25, -0.2) is 0 Å². The maximum Gasteiger partial charge on any atom is 0.416 e. The van der Waals surface area contributed by atoms with Crippen molar-refractivity contribution in [3.63, 3.8) is 0 Å². The van der Waals surface area contributed by atoms with Gasteiger partial charge in [0.2, 0.25) is 0 Å². The molecule has 0 N–H and O–H groups in total. The number of hydrogen-bond donors (Lipinski definition) is 0. The van der Waals surface area contributed by atoms with Crippen molar-refractivity contribution in [2.24, 2.45) is 5.11 Å². The Morgan fingerprint density at radius 2 is 1.84 bits per heavy atom. The van der Waals surface area contributed by atoms with E-state index in [-0.39, 0.29) is 16.6 Å². The Morgan fingerprint density at radius 1 is 1.26 bits per heavy atom. The number of alkyl halides is 3. The van der Waals surface area contributed by atoms with Crippen molar-refractivity contribution in [2.75, 3.05) is 6.54 Å². The molecule has 0 spiro atoms.